The Hall–Kier alpha value is -2.63. The van der Waals surface area contributed by atoms with Gasteiger partial charge in [-0.3, -0.25) is 4.90 Å². The number of aliphatic hydroxyl groups is 1. The summed E-state index contributed by atoms with van der Waals surface area (Å²) >= 11 is 0. The maximum absolute atomic E-state index is 9.68. The molecule has 1 saturated heterocycles. The molecule has 134 valence electrons. The summed E-state index contributed by atoms with van der Waals surface area (Å²) in [7, 11) is 0. The molecule has 1 aliphatic rings. The Morgan fingerprint density at radius 2 is 1.96 bits per heavy atom. The first-order valence-corrected chi connectivity index (χ1v) is 8.87. The van der Waals surface area contributed by atoms with E-state index in [0.717, 1.165) is 41.5 Å². The molecular weight excluding hydrogens is 328 g/mol. The summed E-state index contributed by atoms with van der Waals surface area (Å²) in [6, 6.07) is 17.4. The van der Waals surface area contributed by atoms with Crippen molar-refractivity contribution in [2.45, 2.75) is 26.0 Å². The number of hydrogen-bond acceptors (Lipinski definition) is 5. The third-order valence-electron chi connectivity index (χ3n) is 4.57. The summed E-state index contributed by atoms with van der Waals surface area (Å²) in [6.07, 6.45) is 0.594. The number of β-amino-alcohol motifs (C(OH)–C–C–N with tert-alkyl or cyclic N) is 1. The molecule has 0 spiro atoms. The molecular formula is C21H22N2O3. The monoisotopic (exact) mass is 350 g/mol. The number of benzene rings is 2. The van der Waals surface area contributed by atoms with Crippen LogP contribution in [0.2, 0.25) is 0 Å². The van der Waals surface area contributed by atoms with Gasteiger partial charge in [0.25, 0.3) is 0 Å². The zero-order valence-electron chi connectivity index (χ0n) is 14.8. The van der Waals surface area contributed by atoms with E-state index in [4.69, 9.17) is 9.15 Å². The molecule has 5 nitrogen and oxygen atoms in total. The number of para-hydroxylation sites is 1. The lowest BCUT2D eigenvalue weighted by atomic mass is 10.2. The molecule has 3 aromatic rings. The molecule has 1 fully saturated rings. The van der Waals surface area contributed by atoms with Gasteiger partial charge < -0.3 is 14.3 Å². The zero-order chi connectivity index (χ0) is 17.9. The average molecular weight is 350 g/mol. The zero-order valence-corrected chi connectivity index (χ0v) is 14.8. The first-order chi connectivity index (χ1) is 12.7. The second-order valence-corrected chi connectivity index (χ2v) is 6.64. The van der Waals surface area contributed by atoms with E-state index in [1.807, 2.05) is 61.5 Å². The lowest BCUT2D eigenvalue weighted by molar-refractivity contribution is 0.174. The van der Waals surface area contributed by atoms with E-state index in [9.17, 15) is 5.11 Å². The molecule has 1 atom stereocenters. The van der Waals surface area contributed by atoms with Gasteiger partial charge in [0, 0.05) is 25.2 Å². The number of rotatable bonds is 5. The third-order valence-corrected chi connectivity index (χ3v) is 4.57. The topological polar surface area (TPSA) is 58.7 Å². The van der Waals surface area contributed by atoms with E-state index in [-0.39, 0.29) is 6.10 Å². The normalized spacial score (nSPS) is 17.5. The first-order valence-electron chi connectivity index (χ1n) is 8.87. The molecule has 1 aromatic heterocycles. The number of aliphatic hydroxyl groups excluding tert-OH is 1. The van der Waals surface area contributed by atoms with Crippen LogP contribution in [0.1, 0.15) is 17.9 Å². The van der Waals surface area contributed by atoms with E-state index in [1.54, 1.807) is 0 Å². The minimum Gasteiger partial charge on any atom is -0.457 e. The number of aromatic nitrogens is 1. The van der Waals surface area contributed by atoms with Gasteiger partial charge in [0.1, 0.15) is 17.3 Å². The molecule has 0 saturated carbocycles. The van der Waals surface area contributed by atoms with Crippen LogP contribution in [0.25, 0.3) is 11.5 Å². The number of aryl methyl sites for hydroxylation is 1. The Bertz CT molecular complexity index is 876. The van der Waals surface area contributed by atoms with Crippen molar-refractivity contribution in [3.8, 4) is 23.0 Å². The highest BCUT2D eigenvalue weighted by molar-refractivity contribution is 5.57. The van der Waals surface area contributed by atoms with Crippen LogP contribution >= 0.6 is 0 Å². The van der Waals surface area contributed by atoms with E-state index >= 15 is 0 Å². The van der Waals surface area contributed by atoms with Crippen molar-refractivity contribution in [2.24, 2.45) is 0 Å². The summed E-state index contributed by atoms with van der Waals surface area (Å²) in [5, 5.41) is 9.68. The summed E-state index contributed by atoms with van der Waals surface area (Å²) in [4.78, 5) is 6.87. The molecule has 0 amide bonds. The summed E-state index contributed by atoms with van der Waals surface area (Å²) in [6.45, 7) is 4.22. The van der Waals surface area contributed by atoms with Gasteiger partial charge in [-0.2, -0.15) is 0 Å². The predicted molar refractivity (Wildman–Crippen MR) is 99.1 cm³/mol. The fraction of sp³-hybridized carbons (Fsp3) is 0.286. The second-order valence-electron chi connectivity index (χ2n) is 6.64. The number of likely N-dealkylation sites (tertiary alicyclic amines) is 1. The van der Waals surface area contributed by atoms with Crippen molar-refractivity contribution in [3.05, 3.63) is 66.1 Å². The number of ether oxygens (including phenoxy) is 1. The van der Waals surface area contributed by atoms with E-state index in [1.165, 1.54) is 0 Å². The highest BCUT2D eigenvalue weighted by atomic mass is 16.5. The van der Waals surface area contributed by atoms with Crippen LogP contribution in [-0.2, 0) is 6.54 Å². The predicted octanol–water partition coefficient (Wildman–Crippen LogP) is 4.01. The highest BCUT2D eigenvalue weighted by Gasteiger charge is 2.22. The van der Waals surface area contributed by atoms with Gasteiger partial charge in [-0.05, 0) is 43.7 Å². The quantitative estimate of drug-likeness (QED) is 0.753. The van der Waals surface area contributed by atoms with Crippen molar-refractivity contribution in [1.82, 2.24) is 9.88 Å². The second kappa shape index (κ2) is 7.32. The van der Waals surface area contributed by atoms with Gasteiger partial charge in [-0.1, -0.05) is 24.3 Å². The Labute approximate surface area is 152 Å². The average Bonchev–Trinajstić information content (AvgIpc) is 3.22. The summed E-state index contributed by atoms with van der Waals surface area (Å²) in [5.41, 5.74) is 1.80. The van der Waals surface area contributed by atoms with E-state index in [2.05, 4.69) is 9.88 Å². The van der Waals surface area contributed by atoms with Gasteiger partial charge in [0.05, 0.1) is 11.8 Å². The molecule has 4 rings (SSSR count). The van der Waals surface area contributed by atoms with Crippen LogP contribution < -0.4 is 4.74 Å². The number of oxazole rings is 1. The van der Waals surface area contributed by atoms with Gasteiger partial charge in [0.2, 0.25) is 5.89 Å². The molecule has 0 aliphatic carbocycles. The molecule has 5 heteroatoms. The van der Waals surface area contributed by atoms with Gasteiger partial charge in [0.15, 0.2) is 0 Å². The van der Waals surface area contributed by atoms with Crippen molar-refractivity contribution in [3.63, 3.8) is 0 Å². The van der Waals surface area contributed by atoms with Crippen molar-refractivity contribution in [2.75, 3.05) is 13.1 Å². The fourth-order valence-corrected chi connectivity index (χ4v) is 3.18. The molecule has 2 aromatic carbocycles. The SMILES string of the molecule is Cc1oc(-c2cccc(Oc3ccccc3)c2)nc1CN1CC[C@H](O)C1. The maximum atomic E-state index is 9.68. The van der Waals surface area contributed by atoms with E-state index < -0.39 is 0 Å². The molecule has 1 aliphatic heterocycles. The smallest absolute Gasteiger partial charge is 0.226 e. The Balaban J connectivity index is 1.52. The molecule has 26 heavy (non-hydrogen) atoms. The Morgan fingerprint density at radius 3 is 2.73 bits per heavy atom. The fourth-order valence-electron chi connectivity index (χ4n) is 3.18. The maximum Gasteiger partial charge on any atom is 0.226 e. The van der Waals surface area contributed by atoms with Gasteiger partial charge in [-0.25, -0.2) is 4.98 Å². The highest BCUT2D eigenvalue weighted by Crippen LogP contribution is 2.28. The van der Waals surface area contributed by atoms with E-state index in [0.29, 0.717) is 19.0 Å². The number of nitrogens with zero attached hydrogens (tertiary/aromatic N) is 2. The summed E-state index contributed by atoms with van der Waals surface area (Å²) < 4.78 is 11.8. The lowest BCUT2D eigenvalue weighted by Gasteiger charge is -2.12. The third kappa shape index (κ3) is 3.79. The molecule has 2 heterocycles. The van der Waals surface area contributed by atoms with Gasteiger partial charge in [-0.15, -0.1) is 0 Å². The molecule has 0 unspecified atom stereocenters. The van der Waals surface area contributed by atoms with Crippen LogP contribution in [0.5, 0.6) is 11.5 Å². The van der Waals surface area contributed by atoms with Crippen LogP contribution in [0.4, 0.5) is 0 Å². The van der Waals surface area contributed by atoms with Crippen LogP contribution in [-0.4, -0.2) is 34.2 Å². The minimum atomic E-state index is -0.228. The molecule has 0 bridgehead atoms. The minimum absolute atomic E-state index is 0.228. The largest absolute Gasteiger partial charge is 0.457 e. The Kier molecular flexibility index (Phi) is 4.73. The van der Waals surface area contributed by atoms with Crippen molar-refractivity contribution < 1.29 is 14.3 Å². The Morgan fingerprint density at radius 1 is 1.15 bits per heavy atom. The molecule has 1 N–H and O–H groups in total. The van der Waals surface area contributed by atoms with Crippen molar-refractivity contribution in [1.29, 1.82) is 0 Å². The van der Waals surface area contributed by atoms with Gasteiger partial charge >= 0.3 is 0 Å². The molecule has 0 radical (unpaired) electrons. The first kappa shape index (κ1) is 16.8. The van der Waals surface area contributed by atoms with Crippen LogP contribution in [0, 0.1) is 6.92 Å². The summed E-state index contributed by atoms with van der Waals surface area (Å²) in [5.74, 6) is 2.95. The standard InChI is InChI=1S/C21H22N2O3/c1-15-20(14-23-11-10-17(24)13-23)22-21(25-15)16-6-5-9-19(12-16)26-18-7-3-2-4-8-18/h2-9,12,17,24H,10-11,13-14H2,1H3/t17-/m0/s1. The lowest BCUT2D eigenvalue weighted by Crippen LogP contribution is -2.22. The van der Waals surface area contributed by atoms with Crippen molar-refractivity contribution >= 4 is 0 Å². The van der Waals surface area contributed by atoms with Crippen LogP contribution in [0.3, 0.4) is 0 Å². The number of hydrogen-bond donors (Lipinski definition) is 1. The van der Waals surface area contributed by atoms with Crippen LogP contribution in [0.15, 0.2) is 59.0 Å².